The highest BCUT2D eigenvalue weighted by Gasteiger charge is 2.10. The van der Waals surface area contributed by atoms with Gasteiger partial charge in [0.2, 0.25) is 0 Å². The highest BCUT2D eigenvalue weighted by Crippen LogP contribution is 2.29. The average Bonchev–Trinajstić information content (AvgIpc) is 3.11. The van der Waals surface area contributed by atoms with Crippen molar-refractivity contribution in [2.75, 3.05) is 11.9 Å². The molecule has 1 aromatic heterocycles. The number of hydrogen-bond acceptors (Lipinski definition) is 5. The maximum absolute atomic E-state index is 12.0. The number of benzene rings is 2. The maximum Gasteiger partial charge on any atom is 0.262 e. The second-order valence-corrected chi connectivity index (χ2v) is 5.50. The molecule has 0 radical (unpaired) electrons. The van der Waals surface area contributed by atoms with Crippen LogP contribution in [0.5, 0.6) is 5.75 Å². The molecule has 0 aliphatic carbocycles. The second-order valence-electron chi connectivity index (χ2n) is 4.68. The van der Waals surface area contributed by atoms with Crippen LogP contribution in [0.1, 0.15) is 0 Å². The van der Waals surface area contributed by atoms with Gasteiger partial charge in [-0.2, -0.15) is 0 Å². The number of hydrogen-bond donors (Lipinski definition) is 1. The van der Waals surface area contributed by atoms with Crippen molar-refractivity contribution in [2.45, 2.75) is 0 Å². The Kier molecular flexibility index (Phi) is 4.93. The number of nitrogens with one attached hydrogen (secondary N) is 1. The van der Waals surface area contributed by atoms with Crippen LogP contribution in [0.3, 0.4) is 0 Å². The van der Waals surface area contributed by atoms with Crippen molar-refractivity contribution in [1.82, 2.24) is 20.2 Å². The predicted molar refractivity (Wildman–Crippen MR) is 89.7 cm³/mol. The number of nitrogens with zero attached hydrogens (tertiary/aromatic N) is 4. The van der Waals surface area contributed by atoms with Crippen LogP contribution in [0.25, 0.3) is 5.69 Å². The Balaban J connectivity index is 1.58. The molecule has 0 atom stereocenters. The van der Waals surface area contributed by atoms with Gasteiger partial charge >= 0.3 is 0 Å². The van der Waals surface area contributed by atoms with Gasteiger partial charge in [0.05, 0.1) is 21.4 Å². The van der Waals surface area contributed by atoms with Crippen LogP contribution in [0.15, 0.2) is 48.8 Å². The van der Waals surface area contributed by atoms with E-state index >= 15 is 0 Å². The molecule has 3 aromatic rings. The smallest absolute Gasteiger partial charge is 0.262 e. The zero-order chi connectivity index (χ0) is 16.9. The SMILES string of the molecule is O=C(COc1ccc(-n2cnnn2)cc1)Nc1c(Cl)cccc1Cl. The molecule has 0 bridgehead atoms. The van der Waals surface area contributed by atoms with E-state index < -0.39 is 0 Å². The number of halogens is 2. The third-order valence-electron chi connectivity index (χ3n) is 3.05. The third kappa shape index (κ3) is 3.81. The summed E-state index contributed by atoms with van der Waals surface area (Å²) < 4.78 is 6.94. The first-order chi connectivity index (χ1) is 11.6. The molecule has 24 heavy (non-hydrogen) atoms. The summed E-state index contributed by atoms with van der Waals surface area (Å²) in [4.78, 5) is 12.0. The number of carbonyl (C=O) groups is 1. The molecular formula is C15H11Cl2N5O2. The number of aromatic nitrogens is 4. The van der Waals surface area contributed by atoms with Crippen LogP contribution in [0, 0.1) is 0 Å². The zero-order valence-electron chi connectivity index (χ0n) is 12.2. The predicted octanol–water partition coefficient (Wildman–Crippen LogP) is 2.99. The Labute approximate surface area is 147 Å². The van der Waals surface area contributed by atoms with Crippen molar-refractivity contribution in [1.29, 1.82) is 0 Å². The quantitative estimate of drug-likeness (QED) is 0.753. The van der Waals surface area contributed by atoms with Crippen molar-refractivity contribution in [3.8, 4) is 11.4 Å². The summed E-state index contributed by atoms with van der Waals surface area (Å²) in [5, 5.41) is 14.3. The summed E-state index contributed by atoms with van der Waals surface area (Å²) in [6.07, 6.45) is 1.48. The highest BCUT2D eigenvalue weighted by atomic mass is 35.5. The van der Waals surface area contributed by atoms with Gasteiger partial charge in [-0.25, -0.2) is 4.68 Å². The summed E-state index contributed by atoms with van der Waals surface area (Å²) in [7, 11) is 0. The minimum Gasteiger partial charge on any atom is -0.484 e. The lowest BCUT2D eigenvalue weighted by atomic mass is 10.3. The van der Waals surface area contributed by atoms with E-state index in [4.69, 9.17) is 27.9 Å². The van der Waals surface area contributed by atoms with Crippen molar-refractivity contribution in [3.63, 3.8) is 0 Å². The van der Waals surface area contributed by atoms with Gasteiger partial charge in [-0.1, -0.05) is 29.3 Å². The number of amides is 1. The van der Waals surface area contributed by atoms with Crippen LogP contribution < -0.4 is 10.1 Å². The van der Waals surface area contributed by atoms with Crippen molar-refractivity contribution in [2.24, 2.45) is 0 Å². The Hall–Kier alpha value is -2.64. The summed E-state index contributed by atoms with van der Waals surface area (Å²) in [6.45, 7) is -0.175. The third-order valence-corrected chi connectivity index (χ3v) is 3.68. The number of ether oxygens (including phenoxy) is 1. The van der Waals surface area contributed by atoms with Crippen molar-refractivity contribution in [3.05, 3.63) is 58.8 Å². The molecule has 0 unspecified atom stereocenters. The fraction of sp³-hybridized carbons (Fsp3) is 0.0667. The number of tetrazole rings is 1. The van der Waals surface area contributed by atoms with Crippen LogP contribution in [-0.4, -0.2) is 32.7 Å². The van der Waals surface area contributed by atoms with Crippen LogP contribution >= 0.6 is 23.2 Å². The standard InChI is InChI=1S/C15H11Cl2N5O2/c16-12-2-1-3-13(17)15(12)19-14(23)8-24-11-6-4-10(5-7-11)22-9-18-20-21-22/h1-7,9H,8H2,(H,19,23). The van der Waals surface area contributed by atoms with E-state index in [1.54, 1.807) is 42.5 Å². The van der Waals surface area contributed by atoms with E-state index in [-0.39, 0.29) is 12.5 Å². The first-order valence-electron chi connectivity index (χ1n) is 6.83. The Bertz CT molecular complexity index is 817. The van der Waals surface area contributed by atoms with E-state index in [1.165, 1.54) is 11.0 Å². The molecule has 0 saturated heterocycles. The fourth-order valence-corrected chi connectivity index (χ4v) is 2.41. The van der Waals surface area contributed by atoms with Gasteiger partial charge in [0.25, 0.3) is 5.91 Å². The normalized spacial score (nSPS) is 10.4. The van der Waals surface area contributed by atoms with Gasteiger partial charge < -0.3 is 10.1 Å². The average molecular weight is 364 g/mol. The minimum atomic E-state index is -0.366. The summed E-state index contributed by atoms with van der Waals surface area (Å²) in [5.74, 6) is 0.168. The van der Waals surface area contributed by atoms with Gasteiger partial charge in [-0.15, -0.1) is 5.10 Å². The first kappa shape index (κ1) is 16.2. The van der Waals surface area contributed by atoms with E-state index in [1.807, 2.05) is 0 Å². The van der Waals surface area contributed by atoms with Crippen molar-refractivity contribution >= 4 is 34.8 Å². The molecule has 1 heterocycles. The minimum absolute atomic E-state index is 0.175. The van der Waals surface area contributed by atoms with Gasteiger partial charge in [0.1, 0.15) is 12.1 Å². The molecule has 0 saturated carbocycles. The van der Waals surface area contributed by atoms with Gasteiger partial charge in [0, 0.05) is 0 Å². The van der Waals surface area contributed by atoms with Crippen LogP contribution in [0.4, 0.5) is 5.69 Å². The lowest BCUT2D eigenvalue weighted by Crippen LogP contribution is -2.20. The zero-order valence-corrected chi connectivity index (χ0v) is 13.7. The molecule has 7 nitrogen and oxygen atoms in total. The number of rotatable bonds is 5. The van der Waals surface area contributed by atoms with Gasteiger partial charge in [-0.05, 0) is 46.8 Å². The molecular weight excluding hydrogens is 353 g/mol. The molecule has 3 rings (SSSR count). The second kappa shape index (κ2) is 7.29. The molecule has 0 aliphatic rings. The maximum atomic E-state index is 12.0. The first-order valence-corrected chi connectivity index (χ1v) is 7.59. The van der Waals surface area contributed by atoms with E-state index in [2.05, 4.69) is 20.8 Å². The molecule has 1 N–H and O–H groups in total. The Morgan fingerprint density at radius 1 is 1.12 bits per heavy atom. The number of anilines is 1. The molecule has 1 amide bonds. The molecule has 0 aliphatic heterocycles. The van der Waals surface area contributed by atoms with E-state index in [0.717, 1.165) is 5.69 Å². The van der Waals surface area contributed by atoms with Crippen LogP contribution in [-0.2, 0) is 4.79 Å². The topological polar surface area (TPSA) is 81.9 Å². The monoisotopic (exact) mass is 363 g/mol. The molecule has 2 aromatic carbocycles. The van der Waals surface area contributed by atoms with Crippen LogP contribution in [0.2, 0.25) is 10.0 Å². The number of para-hydroxylation sites is 1. The number of carbonyl (C=O) groups excluding carboxylic acids is 1. The summed E-state index contributed by atoms with van der Waals surface area (Å²) in [5.41, 5.74) is 1.14. The molecule has 0 spiro atoms. The molecule has 122 valence electrons. The Morgan fingerprint density at radius 2 is 1.83 bits per heavy atom. The van der Waals surface area contributed by atoms with Gasteiger partial charge in [-0.3, -0.25) is 4.79 Å². The van der Waals surface area contributed by atoms with E-state index in [9.17, 15) is 4.79 Å². The van der Waals surface area contributed by atoms with Gasteiger partial charge in [0.15, 0.2) is 6.61 Å². The largest absolute Gasteiger partial charge is 0.484 e. The molecule has 0 fully saturated rings. The fourth-order valence-electron chi connectivity index (χ4n) is 1.92. The highest BCUT2D eigenvalue weighted by molar-refractivity contribution is 6.39. The summed E-state index contributed by atoms with van der Waals surface area (Å²) in [6, 6.07) is 12.0. The lowest BCUT2D eigenvalue weighted by Gasteiger charge is -2.10. The Morgan fingerprint density at radius 3 is 2.46 bits per heavy atom. The summed E-state index contributed by atoms with van der Waals surface area (Å²) >= 11 is 12.0. The lowest BCUT2D eigenvalue weighted by molar-refractivity contribution is -0.118. The van der Waals surface area contributed by atoms with Crippen molar-refractivity contribution < 1.29 is 9.53 Å². The van der Waals surface area contributed by atoms with E-state index in [0.29, 0.717) is 21.5 Å². The molecule has 9 heteroatoms.